The van der Waals surface area contributed by atoms with Gasteiger partial charge in [0.15, 0.2) is 0 Å². The molecule has 1 unspecified atom stereocenters. The van der Waals surface area contributed by atoms with Crippen LogP contribution in [-0.2, 0) is 0 Å². The van der Waals surface area contributed by atoms with Crippen molar-refractivity contribution in [3.63, 3.8) is 0 Å². The number of urea groups is 1. The number of rotatable bonds is 8. The van der Waals surface area contributed by atoms with E-state index in [0.29, 0.717) is 23.9 Å². The molecule has 1 N–H and O–H groups in total. The summed E-state index contributed by atoms with van der Waals surface area (Å²) in [6.07, 6.45) is 7.79. The van der Waals surface area contributed by atoms with E-state index in [-0.39, 0.29) is 17.9 Å². The van der Waals surface area contributed by atoms with E-state index in [1.807, 2.05) is 49.0 Å². The van der Waals surface area contributed by atoms with Gasteiger partial charge in [0, 0.05) is 30.7 Å². The lowest BCUT2D eigenvalue weighted by molar-refractivity contribution is 0.163. The standard InChI is InChI=1S/C28H30FN5O2/c1-18-14-33(17-30-18)26-12-11-24(13-27(26)36-4)31-25-16-32(15-21-5-6-21)28(35)34(20(25)3)19(2)22-7-9-23(29)10-8-22/h7-14,16-17,19,21,31H,3,5-6,15H2,1-2,4H3. The van der Waals surface area contributed by atoms with Crippen LogP contribution in [0.25, 0.3) is 5.69 Å². The normalized spacial score (nSPS) is 16.7. The van der Waals surface area contributed by atoms with Crippen LogP contribution in [0.1, 0.15) is 37.1 Å². The highest BCUT2D eigenvalue weighted by atomic mass is 19.1. The molecule has 2 amide bonds. The lowest BCUT2D eigenvalue weighted by Crippen LogP contribution is -2.46. The van der Waals surface area contributed by atoms with Gasteiger partial charge in [-0.25, -0.2) is 14.2 Å². The molecule has 36 heavy (non-hydrogen) atoms. The summed E-state index contributed by atoms with van der Waals surface area (Å²) in [6, 6.07) is 11.6. The molecule has 0 bridgehead atoms. The molecule has 1 fully saturated rings. The number of hydrogen-bond donors (Lipinski definition) is 1. The smallest absolute Gasteiger partial charge is 0.329 e. The molecule has 1 aliphatic heterocycles. The van der Waals surface area contributed by atoms with Crippen molar-refractivity contribution in [3.8, 4) is 11.4 Å². The summed E-state index contributed by atoms with van der Waals surface area (Å²) in [6.45, 7) is 8.78. The third-order valence-corrected chi connectivity index (χ3v) is 6.68. The molecule has 186 valence electrons. The van der Waals surface area contributed by atoms with Gasteiger partial charge in [-0.1, -0.05) is 18.7 Å². The Kier molecular flexibility index (Phi) is 6.26. The summed E-state index contributed by atoms with van der Waals surface area (Å²) in [5.74, 6) is 0.885. The third kappa shape index (κ3) is 4.71. The Balaban J connectivity index is 1.45. The number of methoxy groups -OCH3 is 1. The Morgan fingerprint density at radius 1 is 1.22 bits per heavy atom. The number of nitrogens with one attached hydrogen (secondary N) is 1. The maximum Gasteiger partial charge on any atom is 0.329 e. The number of ether oxygens (including phenoxy) is 1. The number of anilines is 1. The molecule has 1 saturated carbocycles. The Morgan fingerprint density at radius 2 is 1.97 bits per heavy atom. The first-order valence-electron chi connectivity index (χ1n) is 12.1. The summed E-state index contributed by atoms with van der Waals surface area (Å²) in [4.78, 5) is 21.2. The molecular formula is C28H30FN5O2. The maximum atomic E-state index is 13.5. The van der Waals surface area contributed by atoms with Crippen LogP contribution in [0.15, 0.2) is 79.2 Å². The minimum atomic E-state index is -0.320. The quantitative estimate of drug-likeness (QED) is 0.423. The number of halogens is 1. The lowest BCUT2D eigenvalue weighted by Gasteiger charge is -2.39. The molecule has 0 radical (unpaired) electrons. The number of benzene rings is 2. The molecule has 0 spiro atoms. The zero-order valence-electron chi connectivity index (χ0n) is 20.7. The fraction of sp³-hybridized carbons (Fsp3) is 0.286. The zero-order chi connectivity index (χ0) is 25.4. The second-order valence-electron chi connectivity index (χ2n) is 9.40. The molecule has 5 rings (SSSR count). The third-order valence-electron chi connectivity index (χ3n) is 6.68. The number of nitrogens with zero attached hydrogens (tertiary/aromatic N) is 4. The van der Waals surface area contributed by atoms with Crippen molar-refractivity contribution in [2.24, 2.45) is 5.92 Å². The van der Waals surface area contributed by atoms with E-state index < -0.39 is 0 Å². The highest BCUT2D eigenvalue weighted by Gasteiger charge is 2.36. The molecule has 2 aromatic carbocycles. The average molecular weight is 488 g/mol. The Hall–Kier alpha value is -4.07. The second kappa shape index (κ2) is 9.53. The van der Waals surface area contributed by atoms with E-state index in [1.165, 1.54) is 12.1 Å². The highest BCUT2D eigenvalue weighted by molar-refractivity contribution is 5.82. The first-order valence-corrected chi connectivity index (χ1v) is 12.1. The Labute approximate surface area is 210 Å². The van der Waals surface area contributed by atoms with Crippen LogP contribution in [0.5, 0.6) is 5.75 Å². The van der Waals surface area contributed by atoms with Crippen molar-refractivity contribution in [1.82, 2.24) is 19.4 Å². The molecule has 1 atom stereocenters. The number of imidazole rings is 1. The van der Waals surface area contributed by atoms with Crippen LogP contribution in [0.4, 0.5) is 14.9 Å². The van der Waals surface area contributed by atoms with Gasteiger partial charge in [-0.3, -0.25) is 9.80 Å². The van der Waals surface area contributed by atoms with Crippen LogP contribution in [0, 0.1) is 18.7 Å². The van der Waals surface area contributed by atoms with Gasteiger partial charge in [-0.2, -0.15) is 0 Å². The van der Waals surface area contributed by atoms with Crippen molar-refractivity contribution in [3.05, 3.63) is 96.2 Å². The fourth-order valence-electron chi connectivity index (χ4n) is 4.45. The van der Waals surface area contributed by atoms with Crippen molar-refractivity contribution in [2.45, 2.75) is 32.7 Å². The SMILES string of the molecule is C=C1C(Nc2ccc(-n3cnc(C)c3)c(OC)c2)=CN(CC2CC2)C(=O)N1C(C)c1ccc(F)cc1. The molecule has 1 aliphatic carbocycles. The summed E-state index contributed by atoms with van der Waals surface area (Å²) >= 11 is 0. The number of aromatic nitrogens is 2. The number of aryl methyl sites for hydroxylation is 1. The molecule has 7 nitrogen and oxygen atoms in total. The number of amides is 2. The minimum absolute atomic E-state index is 0.127. The zero-order valence-corrected chi connectivity index (χ0v) is 20.7. The van der Waals surface area contributed by atoms with Crippen LogP contribution in [0.2, 0.25) is 0 Å². The molecule has 3 aromatic rings. The Morgan fingerprint density at radius 3 is 2.61 bits per heavy atom. The van der Waals surface area contributed by atoms with E-state index in [4.69, 9.17) is 4.74 Å². The number of carbonyl (C=O) groups excluding carboxylic acids is 1. The summed E-state index contributed by atoms with van der Waals surface area (Å²) in [7, 11) is 1.63. The summed E-state index contributed by atoms with van der Waals surface area (Å²) < 4.78 is 21.1. The first-order chi connectivity index (χ1) is 17.3. The van der Waals surface area contributed by atoms with E-state index >= 15 is 0 Å². The van der Waals surface area contributed by atoms with Crippen molar-refractivity contribution >= 4 is 11.7 Å². The molecule has 2 heterocycles. The van der Waals surface area contributed by atoms with E-state index in [9.17, 15) is 9.18 Å². The van der Waals surface area contributed by atoms with Crippen molar-refractivity contribution in [2.75, 3.05) is 19.0 Å². The predicted molar refractivity (Wildman–Crippen MR) is 137 cm³/mol. The van der Waals surface area contributed by atoms with Gasteiger partial charge in [0.25, 0.3) is 0 Å². The second-order valence-corrected chi connectivity index (χ2v) is 9.40. The summed E-state index contributed by atoms with van der Waals surface area (Å²) in [5.41, 5.74) is 4.70. The van der Waals surface area contributed by atoms with Gasteiger partial charge in [0.1, 0.15) is 11.6 Å². The fourth-order valence-corrected chi connectivity index (χ4v) is 4.45. The van der Waals surface area contributed by atoms with Gasteiger partial charge in [-0.15, -0.1) is 0 Å². The molecule has 1 aromatic heterocycles. The molecule has 2 aliphatic rings. The lowest BCUT2D eigenvalue weighted by atomic mass is 10.0. The first kappa shape index (κ1) is 23.7. The monoisotopic (exact) mass is 487 g/mol. The van der Waals surface area contributed by atoms with Crippen LogP contribution >= 0.6 is 0 Å². The topological polar surface area (TPSA) is 62.6 Å². The van der Waals surface area contributed by atoms with E-state index in [1.54, 1.807) is 35.4 Å². The van der Waals surface area contributed by atoms with Crippen LogP contribution in [0.3, 0.4) is 0 Å². The van der Waals surface area contributed by atoms with E-state index in [0.717, 1.165) is 41.2 Å². The van der Waals surface area contributed by atoms with Crippen molar-refractivity contribution < 1.29 is 13.9 Å². The van der Waals surface area contributed by atoms with Crippen LogP contribution < -0.4 is 10.1 Å². The van der Waals surface area contributed by atoms with Gasteiger partial charge >= 0.3 is 6.03 Å². The summed E-state index contributed by atoms with van der Waals surface area (Å²) in [5, 5.41) is 3.44. The number of hydrogen-bond acceptors (Lipinski definition) is 4. The average Bonchev–Trinajstić information content (AvgIpc) is 3.59. The number of carbonyl (C=O) groups is 1. The molecular weight excluding hydrogens is 457 g/mol. The van der Waals surface area contributed by atoms with Gasteiger partial charge in [0.05, 0.1) is 42.3 Å². The van der Waals surface area contributed by atoms with Crippen LogP contribution in [-0.4, -0.2) is 39.0 Å². The predicted octanol–water partition coefficient (Wildman–Crippen LogP) is 6.00. The molecule has 8 heteroatoms. The minimum Gasteiger partial charge on any atom is -0.494 e. The van der Waals surface area contributed by atoms with E-state index in [2.05, 4.69) is 16.9 Å². The largest absolute Gasteiger partial charge is 0.494 e. The van der Waals surface area contributed by atoms with Gasteiger partial charge in [0.2, 0.25) is 0 Å². The van der Waals surface area contributed by atoms with Gasteiger partial charge in [-0.05, 0) is 62.4 Å². The maximum absolute atomic E-state index is 13.5. The Bertz CT molecular complexity index is 1330. The van der Waals surface area contributed by atoms with Gasteiger partial charge < -0.3 is 14.6 Å². The molecule has 0 saturated heterocycles. The highest BCUT2D eigenvalue weighted by Crippen LogP contribution is 2.37. The van der Waals surface area contributed by atoms with Crippen molar-refractivity contribution in [1.29, 1.82) is 0 Å².